The molecule has 0 aliphatic rings. The summed E-state index contributed by atoms with van der Waals surface area (Å²) < 4.78 is 0. The summed E-state index contributed by atoms with van der Waals surface area (Å²) >= 11 is 0. The van der Waals surface area contributed by atoms with Crippen LogP contribution in [0.3, 0.4) is 0 Å². The maximum atomic E-state index is 11.7. The zero-order valence-corrected chi connectivity index (χ0v) is 10.1. The number of benzene rings is 1. The Balaban J connectivity index is 2.80. The molecule has 1 aromatic rings. The Labute approximate surface area is 92.5 Å². The molecular weight excluding hydrogens is 184 g/mol. The molecule has 0 radical (unpaired) electrons. The third-order valence-electron chi connectivity index (χ3n) is 2.82. The lowest BCUT2D eigenvalue weighted by atomic mass is 9.78. The first-order valence-electron chi connectivity index (χ1n) is 5.52. The molecule has 0 aliphatic carbocycles. The standard InChI is InChI=1S/C14H20O/c1-11(2)13(15)10-14(3,4)12-8-6-5-7-9-12/h5-9,11H,10H2,1-4H3. The molecule has 0 amide bonds. The van der Waals surface area contributed by atoms with E-state index in [-0.39, 0.29) is 11.3 Å². The summed E-state index contributed by atoms with van der Waals surface area (Å²) in [5.74, 6) is 0.469. The molecule has 82 valence electrons. The third-order valence-corrected chi connectivity index (χ3v) is 2.82. The Morgan fingerprint density at radius 3 is 2.20 bits per heavy atom. The van der Waals surface area contributed by atoms with Gasteiger partial charge in [0.1, 0.15) is 5.78 Å². The van der Waals surface area contributed by atoms with E-state index in [9.17, 15) is 4.79 Å². The maximum Gasteiger partial charge on any atom is 0.136 e. The zero-order valence-electron chi connectivity index (χ0n) is 10.1. The molecule has 0 aromatic heterocycles. The second-order valence-corrected chi connectivity index (χ2v) is 5.05. The van der Waals surface area contributed by atoms with Crippen molar-refractivity contribution in [2.45, 2.75) is 39.5 Å². The van der Waals surface area contributed by atoms with Crippen molar-refractivity contribution in [2.24, 2.45) is 5.92 Å². The van der Waals surface area contributed by atoms with E-state index in [0.29, 0.717) is 12.2 Å². The number of carbonyl (C=O) groups is 1. The van der Waals surface area contributed by atoms with Gasteiger partial charge in [0.05, 0.1) is 0 Å². The van der Waals surface area contributed by atoms with Crippen molar-refractivity contribution >= 4 is 5.78 Å². The van der Waals surface area contributed by atoms with E-state index < -0.39 is 0 Å². The lowest BCUT2D eigenvalue weighted by Crippen LogP contribution is -2.24. The summed E-state index contributed by atoms with van der Waals surface area (Å²) in [6, 6.07) is 10.2. The van der Waals surface area contributed by atoms with Gasteiger partial charge < -0.3 is 0 Å². The fourth-order valence-corrected chi connectivity index (χ4v) is 1.63. The van der Waals surface area contributed by atoms with E-state index in [2.05, 4.69) is 26.0 Å². The van der Waals surface area contributed by atoms with Crippen molar-refractivity contribution in [1.29, 1.82) is 0 Å². The van der Waals surface area contributed by atoms with Crippen LogP contribution < -0.4 is 0 Å². The summed E-state index contributed by atoms with van der Waals surface area (Å²) in [4.78, 5) is 11.7. The largest absolute Gasteiger partial charge is 0.299 e. The molecule has 0 saturated heterocycles. The molecule has 0 heterocycles. The summed E-state index contributed by atoms with van der Waals surface area (Å²) in [5, 5.41) is 0. The second-order valence-electron chi connectivity index (χ2n) is 5.05. The molecule has 0 fully saturated rings. The van der Waals surface area contributed by atoms with Gasteiger partial charge in [-0.3, -0.25) is 4.79 Å². The average Bonchev–Trinajstić information content (AvgIpc) is 2.18. The number of hydrogen-bond acceptors (Lipinski definition) is 1. The van der Waals surface area contributed by atoms with Gasteiger partial charge >= 0.3 is 0 Å². The van der Waals surface area contributed by atoms with Gasteiger partial charge in [0, 0.05) is 12.3 Å². The van der Waals surface area contributed by atoms with E-state index in [4.69, 9.17) is 0 Å². The Hall–Kier alpha value is -1.11. The van der Waals surface area contributed by atoms with Crippen LogP contribution in [-0.2, 0) is 10.2 Å². The molecule has 1 nitrogen and oxygen atoms in total. The van der Waals surface area contributed by atoms with E-state index >= 15 is 0 Å². The minimum Gasteiger partial charge on any atom is -0.299 e. The summed E-state index contributed by atoms with van der Waals surface area (Å²) in [6.45, 7) is 8.18. The zero-order chi connectivity index (χ0) is 11.5. The van der Waals surface area contributed by atoms with Crippen LogP contribution in [0.2, 0.25) is 0 Å². The van der Waals surface area contributed by atoms with Crippen LogP contribution in [0.1, 0.15) is 39.7 Å². The molecule has 0 aliphatic heterocycles. The van der Waals surface area contributed by atoms with Crippen molar-refractivity contribution < 1.29 is 4.79 Å². The molecule has 15 heavy (non-hydrogen) atoms. The highest BCUT2D eigenvalue weighted by Gasteiger charge is 2.24. The molecule has 0 spiro atoms. The Morgan fingerprint density at radius 1 is 1.20 bits per heavy atom. The van der Waals surface area contributed by atoms with Gasteiger partial charge in [-0.05, 0) is 11.0 Å². The number of hydrogen-bond donors (Lipinski definition) is 0. The smallest absolute Gasteiger partial charge is 0.136 e. The lowest BCUT2D eigenvalue weighted by Gasteiger charge is -2.25. The van der Waals surface area contributed by atoms with Gasteiger partial charge in [0.25, 0.3) is 0 Å². The molecular formula is C14H20O. The SMILES string of the molecule is CC(C)C(=O)CC(C)(C)c1ccccc1. The monoisotopic (exact) mass is 204 g/mol. The van der Waals surface area contributed by atoms with Crippen LogP contribution >= 0.6 is 0 Å². The van der Waals surface area contributed by atoms with Crippen molar-refractivity contribution in [3.8, 4) is 0 Å². The topological polar surface area (TPSA) is 17.1 Å². The van der Waals surface area contributed by atoms with Crippen molar-refractivity contribution in [2.75, 3.05) is 0 Å². The number of ketones is 1. The lowest BCUT2D eigenvalue weighted by molar-refractivity contribution is -0.122. The summed E-state index contributed by atoms with van der Waals surface area (Å²) in [7, 11) is 0. The van der Waals surface area contributed by atoms with E-state index in [0.717, 1.165) is 0 Å². The molecule has 0 bridgehead atoms. The first kappa shape index (κ1) is 12.0. The van der Waals surface area contributed by atoms with Gasteiger partial charge in [-0.1, -0.05) is 58.0 Å². The fraction of sp³-hybridized carbons (Fsp3) is 0.500. The average molecular weight is 204 g/mol. The minimum atomic E-state index is -0.0530. The van der Waals surface area contributed by atoms with Gasteiger partial charge in [0.15, 0.2) is 0 Å². The van der Waals surface area contributed by atoms with Crippen LogP contribution in [0.5, 0.6) is 0 Å². The van der Waals surface area contributed by atoms with Crippen LogP contribution in [0.4, 0.5) is 0 Å². The van der Waals surface area contributed by atoms with E-state index in [1.54, 1.807) is 0 Å². The first-order chi connectivity index (χ1) is 6.93. The van der Waals surface area contributed by atoms with E-state index in [1.807, 2.05) is 32.0 Å². The summed E-state index contributed by atoms with van der Waals surface area (Å²) in [6.07, 6.45) is 0.620. The quantitative estimate of drug-likeness (QED) is 0.732. The minimum absolute atomic E-state index is 0.0530. The number of carbonyl (C=O) groups excluding carboxylic acids is 1. The predicted octanol–water partition coefficient (Wildman–Crippen LogP) is 3.58. The van der Waals surface area contributed by atoms with Crippen molar-refractivity contribution in [3.05, 3.63) is 35.9 Å². The van der Waals surface area contributed by atoms with Crippen molar-refractivity contribution in [3.63, 3.8) is 0 Å². The highest BCUT2D eigenvalue weighted by molar-refractivity contribution is 5.81. The summed E-state index contributed by atoms with van der Waals surface area (Å²) in [5.41, 5.74) is 1.18. The maximum absolute atomic E-state index is 11.7. The molecule has 1 rings (SSSR count). The van der Waals surface area contributed by atoms with Gasteiger partial charge in [0.2, 0.25) is 0 Å². The van der Waals surface area contributed by atoms with Gasteiger partial charge in [-0.15, -0.1) is 0 Å². The van der Waals surface area contributed by atoms with Crippen LogP contribution in [0.25, 0.3) is 0 Å². The van der Waals surface area contributed by atoms with Crippen molar-refractivity contribution in [1.82, 2.24) is 0 Å². The Kier molecular flexibility index (Phi) is 3.67. The van der Waals surface area contributed by atoms with Crippen LogP contribution in [0.15, 0.2) is 30.3 Å². The highest BCUT2D eigenvalue weighted by Crippen LogP contribution is 2.28. The highest BCUT2D eigenvalue weighted by atomic mass is 16.1. The first-order valence-corrected chi connectivity index (χ1v) is 5.52. The Bertz CT molecular complexity index is 322. The number of Topliss-reactive ketones (excluding diaryl/α,β-unsaturated/α-hetero) is 1. The molecule has 1 heteroatoms. The fourth-order valence-electron chi connectivity index (χ4n) is 1.63. The van der Waals surface area contributed by atoms with Crippen LogP contribution in [-0.4, -0.2) is 5.78 Å². The molecule has 1 aromatic carbocycles. The number of rotatable bonds is 4. The predicted molar refractivity (Wildman–Crippen MR) is 63.9 cm³/mol. The van der Waals surface area contributed by atoms with Gasteiger partial charge in [-0.2, -0.15) is 0 Å². The van der Waals surface area contributed by atoms with Gasteiger partial charge in [-0.25, -0.2) is 0 Å². The molecule has 0 saturated carbocycles. The molecule has 0 N–H and O–H groups in total. The van der Waals surface area contributed by atoms with E-state index in [1.165, 1.54) is 5.56 Å². The molecule has 0 atom stereocenters. The third kappa shape index (κ3) is 3.19. The Morgan fingerprint density at radius 2 is 1.73 bits per heavy atom. The molecule has 0 unspecified atom stereocenters. The second kappa shape index (κ2) is 4.61. The normalized spacial score (nSPS) is 11.8. The van der Waals surface area contributed by atoms with Crippen LogP contribution in [0, 0.1) is 5.92 Å².